The van der Waals surface area contributed by atoms with Crippen LogP contribution in [0.5, 0.6) is 0 Å². The molecule has 0 fully saturated rings. The van der Waals surface area contributed by atoms with Gasteiger partial charge in [-0.2, -0.15) is 0 Å². The van der Waals surface area contributed by atoms with Crippen LogP contribution in [0.15, 0.2) is 0 Å². The predicted molar refractivity (Wildman–Crippen MR) is 48.8 cm³/mol. The Bertz CT molecular complexity index is 129. The summed E-state index contributed by atoms with van der Waals surface area (Å²) in [5.74, 6) is 0. The van der Waals surface area contributed by atoms with Gasteiger partial charge in [0.1, 0.15) is 0 Å². The molecule has 0 rings (SSSR count). The standard InChI is InChI=1S/C9H19NO2/c1-8(10-7-11)5-4-6-9(2,3)12/h7-8,12H,4-6H2,1-3H3,(H,10,11). The highest BCUT2D eigenvalue weighted by Crippen LogP contribution is 2.12. The van der Waals surface area contributed by atoms with E-state index in [0.29, 0.717) is 0 Å². The van der Waals surface area contributed by atoms with Crippen molar-refractivity contribution < 1.29 is 9.90 Å². The van der Waals surface area contributed by atoms with E-state index in [1.807, 2.05) is 6.92 Å². The van der Waals surface area contributed by atoms with Crippen molar-refractivity contribution in [3.05, 3.63) is 0 Å². The first-order valence-electron chi connectivity index (χ1n) is 4.38. The summed E-state index contributed by atoms with van der Waals surface area (Å²) in [4.78, 5) is 10.0. The molecule has 0 bridgehead atoms. The van der Waals surface area contributed by atoms with Gasteiger partial charge in [0.25, 0.3) is 0 Å². The minimum atomic E-state index is -0.582. The second-order valence-corrected chi connectivity index (χ2v) is 3.89. The third-order valence-corrected chi connectivity index (χ3v) is 1.78. The van der Waals surface area contributed by atoms with Gasteiger partial charge in [0.15, 0.2) is 0 Å². The molecule has 0 saturated carbocycles. The van der Waals surface area contributed by atoms with Gasteiger partial charge < -0.3 is 10.4 Å². The minimum absolute atomic E-state index is 0.213. The molecule has 0 heterocycles. The molecule has 0 aliphatic rings. The topological polar surface area (TPSA) is 49.3 Å². The first kappa shape index (κ1) is 11.4. The van der Waals surface area contributed by atoms with E-state index < -0.39 is 5.60 Å². The first-order valence-corrected chi connectivity index (χ1v) is 4.38. The second-order valence-electron chi connectivity index (χ2n) is 3.89. The molecule has 0 aromatic heterocycles. The van der Waals surface area contributed by atoms with Gasteiger partial charge in [0.05, 0.1) is 5.60 Å². The molecule has 0 aliphatic heterocycles. The summed E-state index contributed by atoms with van der Waals surface area (Å²) in [7, 11) is 0. The molecule has 0 aromatic rings. The van der Waals surface area contributed by atoms with Crippen molar-refractivity contribution >= 4 is 6.41 Å². The van der Waals surface area contributed by atoms with Gasteiger partial charge in [0.2, 0.25) is 6.41 Å². The summed E-state index contributed by atoms with van der Waals surface area (Å²) in [6, 6.07) is 0.213. The number of hydrogen-bond donors (Lipinski definition) is 2. The number of aliphatic hydroxyl groups is 1. The van der Waals surface area contributed by atoms with E-state index in [9.17, 15) is 9.90 Å². The largest absolute Gasteiger partial charge is 0.390 e. The lowest BCUT2D eigenvalue weighted by Gasteiger charge is -2.17. The Balaban J connectivity index is 3.36. The summed E-state index contributed by atoms with van der Waals surface area (Å²) in [5.41, 5.74) is -0.582. The van der Waals surface area contributed by atoms with Gasteiger partial charge in [-0.25, -0.2) is 0 Å². The molecule has 1 unspecified atom stereocenters. The van der Waals surface area contributed by atoms with Crippen LogP contribution in [0.3, 0.4) is 0 Å². The van der Waals surface area contributed by atoms with Gasteiger partial charge in [0, 0.05) is 6.04 Å². The van der Waals surface area contributed by atoms with Gasteiger partial charge in [-0.15, -0.1) is 0 Å². The van der Waals surface area contributed by atoms with Crippen molar-refractivity contribution in [1.82, 2.24) is 5.32 Å². The fourth-order valence-electron chi connectivity index (χ4n) is 1.04. The van der Waals surface area contributed by atoms with Crippen LogP contribution in [0.1, 0.15) is 40.0 Å². The van der Waals surface area contributed by atoms with Gasteiger partial charge in [-0.3, -0.25) is 4.79 Å². The Labute approximate surface area is 74.2 Å². The lowest BCUT2D eigenvalue weighted by atomic mass is 10.00. The quantitative estimate of drug-likeness (QED) is 0.590. The third kappa shape index (κ3) is 7.54. The molecule has 0 aromatic carbocycles. The smallest absolute Gasteiger partial charge is 0.207 e. The van der Waals surface area contributed by atoms with Gasteiger partial charge >= 0.3 is 0 Å². The molecule has 0 radical (unpaired) electrons. The van der Waals surface area contributed by atoms with Crippen molar-refractivity contribution in [1.29, 1.82) is 0 Å². The summed E-state index contributed by atoms with van der Waals surface area (Å²) >= 11 is 0. The van der Waals surface area contributed by atoms with E-state index in [1.165, 1.54) is 0 Å². The number of hydrogen-bond acceptors (Lipinski definition) is 2. The van der Waals surface area contributed by atoms with Crippen molar-refractivity contribution in [3.8, 4) is 0 Å². The fraction of sp³-hybridized carbons (Fsp3) is 0.889. The fourth-order valence-corrected chi connectivity index (χ4v) is 1.04. The highest BCUT2D eigenvalue weighted by Gasteiger charge is 2.12. The number of amides is 1. The van der Waals surface area contributed by atoms with Crippen LogP contribution < -0.4 is 5.32 Å². The number of nitrogens with one attached hydrogen (secondary N) is 1. The lowest BCUT2D eigenvalue weighted by Crippen LogP contribution is -2.25. The maximum absolute atomic E-state index is 10.0. The molecule has 12 heavy (non-hydrogen) atoms. The molecular formula is C9H19NO2. The number of rotatable bonds is 6. The van der Waals surface area contributed by atoms with Crippen molar-refractivity contribution in [3.63, 3.8) is 0 Å². The monoisotopic (exact) mass is 173 g/mol. The number of carbonyl (C=O) groups excluding carboxylic acids is 1. The zero-order chi connectivity index (χ0) is 9.61. The summed E-state index contributed by atoms with van der Waals surface area (Å²) in [5, 5.41) is 12.0. The highest BCUT2D eigenvalue weighted by molar-refractivity contribution is 5.46. The van der Waals surface area contributed by atoms with Crippen LogP contribution in [-0.4, -0.2) is 23.2 Å². The molecule has 0 saturated heterocycles. The Morgan fingerprint density at radius 1 is 1.58 bits per heavy atom. The molecular weight excluding hydrogens is 154 g/mol. The molecule has 1 amide bonds. The Morgan fingerprint density at radius 2 is 2.17 bits per heavy atom. The SMILES string of the molecule is CC(CCCC(C)(C)O)NC=O. The van der Waals surface area contributed by atoms with Gasteiger partial charge in [-0.05, 0) is 40.0 Å². The maximum Gasteiger partial charge on any atom is 0.207 e. The normalized spacial score (nSPS) is 14.0. The van der Waals surface area contributed by atoms with Crippen molar-refractivity contribution in [2.24, 2.45) is 0 Å². The molecule has 3 nitrogen and oxygen atoms in total. The van der Waals surface area contributed by atoms with Crippen LogP contribution in [0.25, 0.3) is 0 Å². The molecule has 3 heteroatoms. The van der Waals surface area contributed by atoms with Crippen LogP contribution in [-0.2, 0) is 4.79 Å². The molecule has 0 aliphatic carbocycles. The Morgan fingerprint density at radius 3 is 2.58 bits per heavy atom. The van der Waals surface area contributed by atoms with E-state index in [-0.39, 0.29) is 6.04 Å². The van der Waals surface area contributed by atoms with E-state index in [0.717, 1.165) is 25.7 Å². The molecule has 72 valence electrons. The third-order valence-electron chi connectivity index (χ3n) is 1.78. The number of carbonyl (C=O) groups is 1. The Kier molecular flexibility index (Phi) is 4.90. The van der Waals surface area contributed by atoms with Crippen molar-refractivity contribution in [2.45, 2.75) is 51.7 Å². The van der Waals surface area contributed by atoms with E-state index in [2.05, 4.69) is 5.32 Å². The summed E-state index contributed by atoms with van der Waals surface area (Å²) in [6.45, 7) is 5.55. The van der Waals surface area contributed by atoms with Gasteiger partial charge in [-0.1, -0.05) is 0 Å². The first-order chi connectivity index (χ1) is 5.45. The van der Waals surface area contributed by atoms with E-state index in [1.54, 1.807) is 13.8 Å². The van der Waals surface area contributed by atoms with E-state index >= 15 is 0 Å². The Hall–Kier alpha value is -0.570. The predicted octanol–water partition coefficient (Wildman–Crippen LogP) is 1.06. The maximum atomic E-state index is 10.0. The summed E-state index contributed by atoms with van der Waals surface area (Å²) < 4.78 is 0. The van der Waals surface area contributed by atoms with Crippen LogP contribution >= 0.6 is 0 Å². The highest BCUT2D eigenvalue weighted by atomic mass is 16.3. The average Bonchev–Trinajstić information content (AvgIpc) is 1.84. The van der Waals surface area contributed by atoms with Crippen LogP contribution in [0.4, 0.5) is 0 Å². The van der Waals surface area contributed by atoms with Crippen LogP contribution in [0, 0.1) is 0 Å². The average molecular weight is 173 g/mol. The molecule has 1 atom stereocenters. The van der Waals surface area contributed by atoms with E-state index in [4.69, 9.17) is 0 Å². The van der Waals surface area contributed by atoms with Crippen LogP contribution in [0.2, 0.25) is 0 Å². The summed E-state index contributed by atoms with van der Waals surface area (Å²) in [6.07, 6.45) is 3.35. The molecule has 0 spiro atoms. The zero-order valence-electron chi connectivity index (χ0n) is 8.13. The minimum Gasteiger partial charge on any atom is -0.390 e. The van der Waals surface area contributed by atoms with Crippen molar-refractivity contribution in [2.75, 3.05) is 0 Å². The zero-order valence-corrected chi connectivity index (χ0v) is 8.13. The molecule has 2 N–H and O–H groups in total. The lowest BCUT2D eigenvalue weighted by molar-refractivity contribution is -0.110. The second kappa shape index (κ2) is 5.14.